The Morgan fingerprint density at radius 2 is 1.96 bits per heavy atom. The summed E-state index contributed by atoms with van der Waals surface area (Å²) < 4.78 is 1.88. The van der Waals surface area contributed by atoms with Crippen LogP contribution in [-0.2, 0) is 0 Å². The highest BCUT2D eigenvalue weighted by Crippen LogP contribution is 2.24. The Labute approximate surface area is 153 Å². The average molecular weight is 357 g/mol. The second-order valence-corrected chi connectivity index (χ2v) is 7.88. The molecule has 4 rings (SSSR count). The Morgan fingerprint density at radius 3 is 2.73 bits per heavy atom. The van der Waals surface area contributed by atoms with E-state index in [1.807, 2.05) is 29.7 Å². The Morgan fingerprint density at radius 1 is 1.19 bits per heavy atom. The molecule has 2 aliphatic heterocycles. The predicted octanol–water partition coefficient (Wildman–Crippen LogP) is 0.467. The third-order valence-corrected chi connectivity index (χ3v) is 5.55. The van der Waals surface area contributed by atoms with Crippen molar-refractivity contribution >= 4 is 11.6 Å². The number of hydrogen-bond acceptors (Lipinski definition) is 5. The molecular formula is C19H27N5O2. The van der Waals surface area contributed by atoms with Crippen LogP contribution < -0.4 is 0 Å². The Balaban J connectivity index is 1.42. The first kappa shape index (κ1) is 17.5. The third kappa shape index (κ3) is 3.47. The van der Waals surface area contributed by atoms with Gasteiger partial charge in [-0.15, -0.1) is 0 Å². The quantitative estimate of drug-likeness (QED) is 0.865. The highest BCUT2D eigenvalue weighted by atomic mass is 16.3. The Kier molecular flexibility index (Phi) is 4.46. The number of piperazine rings is 1. The number of β-amino-alcohol motifs (C(OH)–C–C–N with tert-alkyl or cyclic N) is 1. The summed E-state index contributed by atoms with van der Waals surface area (Å²) in [5, 5.41) is 11.0. The predicted molar refractivity (Wildman–Crippen MR) is 99.3 cm³/mol. The molecule has 0 unspecified atom stereocenters. The molecule has 2 saturated heterocycles. The van der Waals surface area contributed by atoms with Crippen LogP contribution in [0.5, 0.6) is 0 Å². The summed E-state index contributed by atoms with van der Waals surface area (Å²) in [5.74, 6) is -0.0966. The molecule has 1 N–H and O–H groups in total. The van der Waals surface area contributed by atoms with E-state index in [-0.39, 0.29) is 5.91 Å². The van der Waals surface area contributed by atoms with Crippen LogP contribution in [-0.4, -0.2) is 93.6 Å². The van der Waals surface area contributed by atoms with E-state index in [0.29, 0.717) is 31.7 Å². The van der Waals surface area contributed by atoms with E-state index in [1.54, 1.807) is 11.1 Å². The number of aryl methyl sites for hydroxylation is 1. The monoisotopic (exact) mass is 357 g/mol. The fourth-order valence-corrected chi connectivity index (χ4v) is 3.95. The van der Waals surface area contributed by atoms with Crippen LogP contribution in [0.15, 0.2) is 24.5 Å². The van der Waals surface area contributed by atoms with Gasteiger partial charge >= 0.3 is 0 Å². The zero-order chi connectivity index (χ0) is 18.3. The Bertz CT molecular complexity index is 811. The van der Waals surface area contributed by atoms with Gasteiger partial charge in [0.05, 0.1) is 12.1 Å². The van der Waals surface area contributed by atoms with Gasteiger partial charge in [0.1, 0.15) is 11.3 Å². The normalized spacial score (nSPS) is 25.3. The van der Waals surface area contributed by atoms with Gasteiger partial charge in [-0.25, -0.2) is 4.98 Å². The number of carbonyl (C=O) groups excluding carboxylic acids is 1. The van der Waals surface area contributed by atoms with Crippen molar-refractivity contribution in [1.82, 2.24) is 24.1 Å². The second kappa shape index (κ2) is 6.64. The van der Waals surface area contributed by atoms with Crippen LogP contribution in [0.4, 0.5) is 0 Å². The minimum Gasteiger partial charge on any atom is -0.387 e. The maximum Gasteiger partial charge on any atom is 0.274 e. The van der Waals surface area contributed by atoms with Gasteiger partial charge in [0.25, 0.3) is 5.91 Å². The van der Waals surface area contributed by atoms with Gasteiger partial charge < -0.3 is 19.3 Å². The number of likely N-dealkylation sites (N-methyl/N-ethyl adjacent to an activating group) is 1. The maximum absolute atomic E-state index is 12.8. The molecule has 4 heterocycles. The smallest absolute Gasteiger partial charge is 0.274 e. The molecule has 0 aliphatic carbocycles. The molecule has 0 aromatic carbocycles. The highest BCUT2D eigenvalue weighted by Gasteiger charge is 2.40. The van der Waals surface area contributed by atoms with Crippen LogP contribution >= 0.6 is 0 Å². The first-order chi connectivity index (χ1) is 12.4. The molecule has 2 fully saturated rings. The molecule has 2 aliphatic rings. The van der Waals surface area contributed by atoms with E-state index in [0.717, 1.165) is 37.4 Å². The topological polar surface area (TPSA) is 64.3 Å². The molecule has 7 heteroatoms. The van der Waals surface area contributed by atoms with Crippen molar-refractivity contribution in [3.63, 3.8) is 0 Å². The molecule has 0 bridgehead atoms. The van der Waals surface area contributed by atoms with E-state index in [2.05, 4.69) is 21.8 Å². The van der Waals surface area contributed by atoms with Crippen LogP contribution in [0.25, 0.3) is 5.65 Å². The minimum absolute atomic E-state index is 0.0966. The summed E-state index contributed by atoms with van der Waals surface area (Å²) >= 11 is 0. The Hall–Kier alpha value is -1.96. The fraction of sp³-hybridized carbons (Fsp3) is 0.579. The van der Waals surface area contributed by atoms with Gasteiger partial charge in [-0.1, -0.05) is 6.07 Å². The van der Waals surface area contributed by atoms with Crippen molar-refractivity contribution in [2.24, 2.45) is 0 Å². The molecule has 26 heavy (non-hydrogen) atoms. The van der Waals surface area contributed by atoms with Crippen LogP contribution in [0.1, 0.15) is 22.5 Å². The number of amides is 1. The van der Waals surface area contributed by atoms with Gasteiger partial charge in [-0.2, -0.15) is 0 Å². The number of fused-ring (bicyclic) bond motifs is 1. The standard InChI is InChI=1S/C19H27N5O2/c1-15-3-4-17-20-16(12-24(17)11-15)18(25)23-6-5-19(26,14-23)13-22-9-7-21(2)8-10-22/h3-4,11-12,26H,5-10,13-14H2,1-2H3/t19-/m0/s1. The first-order valence-electron chi connectivity index (χ1n) is 9.30. The van der Waals surface area contributed by atoms with Crippen molar-refractivity contribution in [3.8, 4) is 0 Å². The third-order valence-electron chi connectivity index (χ3n) is 5.55. The van der Waals surface area contributed by atoms with Crippen molar-refractivity contribution in [2.75, 3.05) is 52.9 Å². The number of aromatic nitrogens is 2. The van der Waals surface area contributed by atoms with E-state index >= 15 is 0 Å². The SMILES string of the molecule is Cc1ccc2nc(C(=O)N3CC[C@](O)(CN4CCN(C)CC4)C3)cn2c1. The number of aliphatic hydroxyl groups is 1. The van der Waals surface area contributed by atoms with Gasteiger partial charge in [0.15, 0.2) is 0 Å². The molecule has 0 spiro atoms. The zero-order valence-electron chi connectivity index (χ0n) is 15.6. The van der Waals surface area contributed by atoms with Crippen LogP contribution in [0, 0.1) is 6.92 Å². The lowest BCUT2D eigenvalue weighted by Crippen LogP contribution is -2.52. The molecular weight excluding hydrogens is 330 g/mol. The number of pyridine rings is 1. The molecule has 140 valence electrons. The van der Waals surface area contributed by atoms with Gasteiger partial charge in [0, 0.05) is 51.7 Å². The minimum atomic E-state index is -0.818. The number of likely N-dealkylation sites (tertiary alicyclic amines) is 1. The molecule has 1 amide bonds. The van der Waals surface area contributed by atoms with E-state index in [9.17, 15) is 9.90 Å². The van der Waals surface area contributed by atoms with Gasteiger partial charge in [-0.3, -0.25) is 9.69 Å². The maximum atomic E-state index is 12.8. The van der Waals surface area contributed by atoms with Crippen LogP contribution in [0.3, 0.4) is 0 Å². The number of nitrogens with zero attached hydrogens (tertiary/aromatic N) is 5. The highest BCUT2D eigenvalue weighted by molar-refractivity contribution is 5.93. The summed E-state index contributed by atoms with van der Waals surface area (Å²) in [4.78, 5) is 23.6. The molecule has 7 nitrogen and oxygen atoms in total. The van der Waals surface area contributed by atoms with Gasteiger partial charge in [0.2, 0.25) is 0 Å². The van der Waals surface area contributed by atoms with E-state index in [1.165, 1.54) is 0 Å². The number of rotatable bonds is 3. The lowest BCUT2D eigenvalue weighted by Gasteiger charge is -2.36. The van der Waals surface area contributed by atoms with E-state index in [4.69, 9.17) is 0 Å². The summed E-state index contributed by atoms with van der Waals surface area (Å²) in [5.41, 5.74) is 1.52. The first-order valence-corrected chi connectivity index (χ1v) is 9.30. The molecule has 2 aromatic heterocycles. The largest absolute Gasteiger partial charge is 0.387 e. The van der Waals surface area contributed by atoms with Crippen LogP contribution in [0.2, 0.25) is 0 Å². The molecule has 1 atom stereocenters. The fourth-order valence-electron chi connectivity index (χ4n) is 3.95. The summed E-state index contributed by atoms with van der Waals surface area (Å²) in [7, 11) is 2.12. The number of imidazole rings is 1. The molecule has 2 aromatic rings. The number of carbonyl (C=O) groups is 1. The zero-order valence-corrected chi connectivity index (χ0v) is 15.6. The summed E-state index contributed by atoms with van der Waals surface area (Å²) in [6, 6.07) is 3.90. The summed E-state index contributed by atoms with van der Waals surface area (Å²) in [6.07, 6.45) is 4.37. The average Bonchev–Trinajstić information content (AvgIpc) is 3.20. The van der Waals surface area contributed by atoms with Gasteiger partial charge in [-0.05, 0) is 32.0 Å². The molecule has 0 saturated carbocycles. The lowest BCUT2D eigenvalue weighted by molar-refractivity contribution is 0.000485. The number of hydrogen-bond donors (Lipinski definition) is 1. The lowest BCUT2D eigenvalue weighted by atomic mass is 10.0. The molecule has 0 radical (unpaired) electrons. The van der Waals surface area contributed by atoms with E-state index < -0.39 is 5.60 Å². The second-order valence-electron chi connectivity index (χ2n) is 7.88. The van der Waals surface area contributed by atoms with Crippen molar-refractivity contribution < 1.29 is 9.90 Å². The van der Waals surface area contributed by atoms with Crippen molar-refractivity contribution in [2.45, 2.75) is 18.9 Å². The summed E-state index contributed by atoms with van der Waals surface area (Å²) in [6.45, 7) is 7.60. The van der Waals surface area contributed by atoms with Crippen molar-refractivity contribution in [1.29, 1.82) is 0 Å². The van der Waals surface area contributed by atoms with Crippen molar-refractivity contribution in [3.05, 3.63) is 35.8 Å².